The van der Waals surface area contributed by atoms with Crippen LogP contribution < -0.4 is 9.80 Å². The van der Waals surface area contributed by atoms with Crippen LogP contribution in [0, 0.1) is 0 Å². The highest BCUT2D eigenvalue weighted by Crippen LogP contribution is 2.37. The molecule has 29 heavy (non-hydrogen) atoms. The summed E-state index contributed by atoms with van der Waals surface area (Å²) in [4.78, 5) is 28.9. The maximum absolute atomic E-state index is 12.9. The van der Waals surface area contributed by atoms with E-state index in [1.807, 2.05) is 23.1 Å². The molecule has 2 aromatic carbocycles. The number of fused-ring (bicyclic) bond motifs is 1. The van der Waals surface area contributed by atoms with Gasteiger partial charge >= 0.3 is 0 Å². The summed E-state index contributed by atoms with van der Waals surface area (Å²) in [6, 6.07) is 14.2. The van der Waals surface area contributed by atoms with Gasteiger partial charge < -0.3 is 14.6 Å². The first kappa shape index (κ1) is 17.9. The fraction of sp³-hybridized carbons (Fsp3) is 0.318. The summed E-state index contributed by atoms with van der Waals surface area (Å²) in [6.07, 6.45) is 2.01. The van der Waals surface area contributed by atoms with E-state index in [1.165, 1.54) is 5.69 Å². The molecule has 5 rings (SSSR count). The Hall–Kier alpha value is -3.19. The molecule has 1 atom stereocenters. The average molecular weight is 389 g/mol. The number of carbonyl (C=O) groups excluding carboxylic acids is 1. The Morgan fingerprint density at radius 3 is 2.62 bits per heavy atom. The Labute approximate surface area is 169 Å². The number of hydrogen-bond donors (Lipinski definition) is 1. The van der Waals surface area contributed by atoms with Crippen molar-refractivity contribution in [1.82, 2.24) is 9.97 Å². The van der Waals surface area contributed by atoms with Crippen LogP contribution >= 0.6 is 0 Å². The monoisotopic (exact) mass is 389 g/mol. The van der Waals surface area contributed by atoms with E-state index in [0.29, 0.717) is 6.42 Å². The summed E-state index contributed by atoms with van der Waals surface area (Å²) in [7, 11) is 1.76. The van der Waals surface area contributed by atoms with Crippen molar-refractivity contribution in [3.63, 3.8) is 0 Å². The molecule has 1 aromatic heterocycles. The minimum atomic E-state index is -0.188. The number of nitrogens with zero attached hydrogens (tertiary/aromatic N) is 4. The molecule has 7 heteroatoms. The van der Waals surface area contributed by atoms with Crippen molar-refractivity contribution in [2.45, 2.75) is 12.5 Å². The average Bonchev–Trinajstić information content (AvgIpc) is 3.37. The minimum Gasteiger partial charge on any atom is -0.378 e. The molecule has 1 unspecified atom stereocenters. The van der Waals surface area contributed by atoms with Crippen molar-refractivity contribution in [3.8, 4) is 0 Å². The quantitative estimate of drug-likeness (QED) is 0.747. The lowest BCUT2D eigenvalue weighted by molar-refractivity contribution is -0.116. The molecule has 7 nitrogen and oxygen atoms in total. The van der Waals surface area contributed by atoms with Crippen LogP contribution in [0.2, 0.25) is 0 Å². The number of H-pyrrole nitrogens is 1. The van der Waals surface area contributed by atoms with E-state index >= 15 is 0 Å². The van der Waals surface area contributed by atoms with Crippen molar-refractivity contribution >= 4 is 34.0 Å². The van der Waals surface area contributed by atoms with Crippen LogP contribution in [-0.2, 0) is 9.53 Å². The number of aromatic nitrogens is 2. The third-order valence-electron chi connectivity index (χ3n) is 5.73. The summed E-state index contributed by atoms with van der Waals surface area (Å²) < 4.78 is 5.45. The highest BCUT2D eigenvalue weighted by molar-refractivity contribution is 6.19. The minimum absolute atomic E-state index is 0.0618. The molecule has 2 aliphatic heterocycles. The predicted molar refractivity (Wildman–Crippen MR) is 114 cm³/mol. The second-order valence-corrected chi connectivity index (χ2v) is 7.35. The lowest BCUT2D eigenvalue weighted by atomic mass is 10.0. The zero-order chi connectivity index (χ0) is 19.8. The van der Waals surface area contributed by atoms with Gasteiger partial charge in [-0.3, -0.25) is 14.7 Å². The number of rotatable bonds is 3. The molecule has 0 bridgehead atoms. The van der Waals surface area contributed by atoms with Crippen molar-refractivity contribution in [1.29, 1.82) is 0 Å². The van der Waals surface area contributed by atoms with E-state index < -0.39 is 0 Å². The Morgan fingerprint density at radius 1 is 1.10 bits per heavy atom. The number of amides is 1. The smallest absolute Gasteiger partial charge is 0.233 e. The van der Waals surface area contributed by atoms with Gasteiger partial charge in [0.2, 0.25) is 5.91 Å². The van der Waals surface area contributed by atoms with Crippen molar-refractivity contribution in [3.05, 3.63) is 54.4 Å². The number of hydrogen-bond acceptors (Lipinski definition) is 5. The van der Waals surface area contributed by atoms with Crippen LogP contribution in [0.1, 0.15) is 18.0 Å². The molecule has 0 saturated carbocycles. The summed E-state index contributed by atoms with van der Waals surface area (Å²) >= 11 is 0. The lowest BCUT2D eigenvalue weighted by Crippen LogP contribution is -2.36. The molecule has 0 radical (unpaired) electrons. The lowest BCUT2D eigenvalue weighted by Gasteiger charge is -2.30. The molecule has 2 saturated heterocycles. The Kier molecular flexibility index (Phi) is 4.52. The number of aromatic amines is 1. The van der Waals surface area contributed by atoms with Crippen LogP contribution in [0.3, 0.4) is 0 Å². The van der Waals surface area contributed by atoms with E-state index in [-0.39, 0.29) is 11.9 Å². The van der Waals surface area contributed by atoms with Crippen molar-refractivity contribution < 1.29 is 9.53 Å². The molecule has 1 amide bonds. The van der Waals surface area contributed by atoms with Gasteiger partial charge in [0.05, 0.1) is 37.0 Å². The Bertz CT molecular complexity index is 1070. The second-order valence-electron chi connectivity index (χ2n) is 7.35. The van der Waals surface area contributed by atoms with E-state index in [1.54, 1.807) is 13.4 Å². The van der Waals surface area contributed by atoms with Crippen LogP contribution in [-0.4, -0.2) is 54.9 Å². The summed E-state index contributed by atoms with van der Waals surface area (Å²) in [5.74, 6) is 0.0618. The fourth-order valence-electron chi connectivity index (χ4n) is 4.23. The Morgan fingerprint density at radius 2 is 1.86 bits per heavy atom. The maximum atomic E-state index is 12.9. The number of imidazole rings is 1. The van der Waals surface area contributed by atoms with E-state index in [9.17, 15) is 4.79 Å². The van der Waals surface area contributed by atoms with Gasteiger partial charge in [-0.15, -0.1) is 0 Å². The molecule has 2 fully saturated rings. The zero-order valence-electron chi connectivity index (χ0n) is 16.3. The van der Waals surface area contributed by atoms with Gasteiger partial charge in [0.25, 0.3) is 0 Å². The van der Waals surface area contributed by atoms with Crippen LogP contribution in [0.25, 0.3) is 11.0 Å². The number of benzene rings is 2. The molecular weight excluding hydrogens is 366 g/mol. The summed E-state index contributed by atoms with van der Waals surface area (Å²) in [5, 5.41) is 0. The predicted octanol–water partition coefficient (Wildman–Crippen LogP) is 2.95. The molecule has 3 heterocycles. The molecule has 0 spiro atoms. The van der Waals surface area contributed by atoms with Crippen LogP contribution in [0.4, 0.5) is 11.4 Å². The molecule has 3 aromatic rings. The van der Waals surface area contributed by atoms with E-state index in [0.717, 1.165) is 54.3 Å². The third kappa shape index (κ3) is 3.17. The second kappa shape index (κ2) is 7.33. The molecular formula is C22H23N5O2. The third-order valence-corrected chi connectivity index (χ3v) is 5.73. The van der Waals surface area contributed by atoms with Gasteiger partial charge in [0.15, 0.2) is 0 Å². The number of morpholine rings is 1. The van der Waals surface area contributed by atoms with Gasteiger partial charge in [-0.2, -0.15) is 0 Å². The summed E-state index contributed by atoms with van der Waals surface area (Å²) in [5.41, 5.74) is 5.79. The van der Waals surface area contributed by atoms with Gasteiger partial charge in [-0.05, 0) is 35.9 Å². The first-order valence-corrected chi connectivity index (χ1v) is 9.88. The SMILES string of the molecule is CN=C1CC(=O)N(c2ccc3nc[nH]c3c2)C1c1ccc(N2CCOCC2)cc1. The van der Waals surface area contributed by atoms with Crippen LogP contribution in [0.5, 0.6) is 0 Å². The van der Waals surface area contributed by atoms with Crippen LogP contribution in [0.15, 0.2) is 53.8 Å². The van der Waals surface area contributed by atoms with Gasteiger partial charge in [0.1, 0.15) is 6.04 Å². The number of carbonyl (C=O) groups is 1. The standard InChI is InChI=1S/C22H23N5O2/c1-23-20-13-21(28)27(17-6-7-18-19(12-17)25-14-24-18)22(20)15-2-4-16(5-3-15)26-8-10-29-11-9-26/h2-7,12,14,22H,8-11,13H2,1H3,(H,24,25). The summed E-state index contributed by atoms with van der Waals surface area (Å²) in [6.45, 7) is 3.32. The maximum Gasteiger partial charge on any atom is 0.233 e. The normalized spacial score (nSPS) is 21.5. The number of nitrogens with one attached hydrogen (secondary N) is 1. The van der Waals surface area contributed by atoms with Gasteiger partial charge in [-0.1, -0.05) is 12.1 Å². The van der Waals surface area contributed by atoms with Gasteiger partial charge in [-0.25, -0.2) is 4.98 Å². The number of ether oxygens (including phenoxy) is 1. The number of aliphatic imine (C=N–C) groups is 1. The first-order valence-electron chi connectivity index (χ1n) is 9.88. The van der Waals surface area contributed by atoms with Crippen molar-refractivity contribution in [2.75, 3.05) is 43.2 Å². The first-order chi connectivity index (χ1) is 14.2. The number of anilines is 2. The van der Waals surface area contributed by atoms with Gasteiger partial charge in [0, 0.05) is 37.2 Å². The van der Waals surface area contributed by atoms with Crippen molar-refractivity contribution in [2.24, 2.45) is 4.99 Å². The zero-order valence-corrected chi connectivity index (χ0v) is 16.3. The largest absolute Gasteiger partial charge is 0.378 e. The fourth-order valence-corrected chi connectivity index (χ4v) is 4.23. The molecule has 148 valence electrons. The van der Waals surface area contributed by atoms with E-state index in [4.69, 9.17) is 4.74 Å². The highest BCUT2D eigenvalue weighted by atomic mass is 16.5. The molecule has 1 N–H and O–H groups in total. The topological polar surface area (TPSA) is 73.8 Å². The van der Waals surface area contributed by atoms with E-state index in [2.05, 4.69) is 44.1 Å². The molecule has 0 aliphatic carbocycles. The highest BCUT2D eigenvalue weighted by Gasteiger charge is 2.38. The molecule has 2 aliphatic rings. The Balaban J connectivity index is 1.50.